The molecule has 4 heteroatoms. The number of carbonyl (C=O) groups excluding carboxylic acids is 1. The monoisotopic (exact) mass is 275 g/mol. The molecule has 0 fully saturated rings. The molecule has 1 unspecified atom stereocenters. The highest BCUT2D eigenvalue weighted by atomic mass is 16.4. The largest absolute Gasteiger partial charge is 0.481 e. The Morgan fingerprint density at radius 3 is 2.70 bits per heavy atom. The van der Waals surface area contributed by atoms with Crippen molar-refractivity contribution in [3.8, 4) is 0 Å². The lowest BCUT2D eigenvalue weighted by Crippen LogP contribution is -2.32. The second-order valence-corrected chi connectivity index (χ2v) is 6.41. The van der Waals surface area contributed by atoms with E-state index in [0.29, 0.717) is 12.8 Å². The first-order valence-electron chi connectivity index (χ1n) is 6.94. The van der Waals surface area contributed by atoms with Gasteiger partial charge in [-0.15, -0.1) is 0 Å². The fourth-order valence-corrected chi connectivity index (χ4v) is 2.66. The number of fused-ring (bicyclic) bond motifs is 1. The predicted molar refractivity (Wildman–Crippen MR) is 77.8 cm³/mol. The number of hydrogen-bond donors (Lipinski definition) is 2. The number of amides is 1. The Hall–Kier alpha value is -1.84. The molecule has 2 N–H and O–H groups in total. The van der Waals surface area contributed by atoms with Gasteiger partial charge < -0.3 is 10.4 Å². The van der Waals surface area contributed by atoms with Gasteiger partial charge in [-0.05, 0) is 29.4 Å². The minimum absolute atomic E-state index is 0.0341. The molecule has 1 aliphatic rings. The van der Waals surface area contributed by atoms with Crippen molar-refractivity contribution in [1.29, 1.82) is 0 Å². The van der Waals surface area contributed by atoms with E-state index < -0.39 is 5.97 Å². The molecule has 0 radical (unpaired) electrons. The fraction of sp³-hybridized carbons (Fsp3) is 0.500. The summed E-state index contributed by atoms with van der Waals surface area (Å²) in [7, 11) is 0. The van der Waals surface area contributed by atoms with Crippen molar-refractivity contribution >= 4 is 17.6 Å². The third-order valence-corrected chi connectivity index (χ3v) is 3.75. The smallest absolute Gasteiger partial charge is 0.303 e. The van der Waals surface area contributed by atoms with Gasteiger partial charge in [-0.1, -0.05) is 39.0 Å². The van der Waals surface area contributed by atoms with E-state index in [4.69, 9.17) is 5.11 Å². The highest BCUT2D eigenvalue weighted by molar-refractivity contribution is 5.97. The standard InChI is InChI=1S/C16H21NO3/c1-16(2,3)12-6-4-5-10-9-11(7-8-13(18)19)15(20)17-14(10)12/h4-6,11H,7-9H2,1-3H3,(H,17,20)(H,18,19). The number of aliphatic carboxylic acids is 1. The van der Waals surface area contributed by atoms with Crippen LogP contribution < -0.4 is 5.32 Å². The Balaban J connectivity index is 2.27. The number of para-hydroxylation sites is 1. The number of hydrogen-bond acceptors (Lipinski definition) is 2. The van der Waals surface area contributed by atoms with E-state index in [1.807, 2.05) is 18.2 Å². The van der Waals surface area contributed by atoms with E-state index in [1.54, 1.807) is 0 Å². The third kappa shape index (κ3) is 3.00. The van der Waals surface area contributed by atoms with Crippen LogP contribution >= 0.6 is 0 Å². The summed E-state index contributed by atoms with van der Waals surface area (Å²) < 4.78 is 0. The van der Waals surface area contributed by atoms with Gasteiger partial charge in [0.25, 0.3) is 0 Å². The highest BCUT2D eigenvalue weighted by Gasteiger charge is 2.30. The summed E-state index contributed by atoms with van der Waals surface area (Å²) >= 11 is 0. The van der Waals surface area contributed by atoms with Crippen LogP contribution in [0.4, 0.5) is 5.69 Å². The van der Waals surface area contributed by atoms with E-state index in [1.165, 1.54) is 0 Å². The van der Waals surface area contributed by atoms with Gasteiger partial charge in [0.05, 0.1) is 0 Å². The zero-order chi connectivity index (χ0) is 14.9. The maximum Gasteiger partial charge on any atom is 0.303 e. The quantitative estimate of drug-likeness (QED) is 0.891. The molecule has 0 saturated carbocycles. The first-order chi connectivity index (χ1) is 9.29. The highest BCUT2D eigenvalue weighted by Crippen LogP contribution is 2.36. The molecular formula is C16H21NO3. The molecule has 1 heterocycles. The van der Waals surface area contributed by atoms with Crippen molar-refractivity contribution in [2.45, 2.75) is 45.4 Å². The maximum atomic E-state index is 12.1. The Morgan fingerprint density at radius 1 is 1.40 bits per heavy atom. The van der Waals surface area contributed by atoms with Crippen LogP contribution in [0.2, 0.25) is 0 Å². The van der Waals surface area contributed by atoms with Crippen molar-refractivity contribution in [3.63, 3.8) is 0 Å². The molecule has 20 heavy (non-hydrogen) atoms. The van der Waals surface area contributed by atoms with E-state index in [0.717, 1.165) is 16.8 Å². The molecule has 0 aromatic heterocycles. The zero-order valence-electron chi connectivity index (χ0n) is 12.2. The van der Waals surface area contributed by atoms with Crippen LogP contribution in [0, 0.1) is 5.92 Å². The Bertz CT molecular complexity index is 543. The van der Waals surface area contributed by atoms with Gasteiger partial charge in [0, 0.05) is 18.0 Å². The fourth-order valence-electron chi connectivity index (χ4n) is 2.66. The molecule has 2 rings (SSSR count). The van der Waals surface area contributed by atoms with E-state index in [-0.39, 0.29) is 23.7 Å². The van der Waals surface area contributed by atoms with Crippen molar-refractivity contribution in [3.05, 3.63) is 29.3 Å². The number of carbonyl (C=O) groups is 2. The van der Waals surface area contributed by atoms with Crippen LogP contribution in [0.1, 0.15) is 44.7 Å². The lowest BCUT2D eigenvalue weighted by atomic mass is 9.81. The first kappa shape index (κ1) is 14.6. The molecule has 0 spiro atoms. The minimum atomic E-state index is -0.855. The molecular weight excluding hydrogens is 254 g/mol. The number of anilines is 1. The number of benzene rings is 1. The molecule has 0 aliphatic carbocycles. The van der Waals surface area contributed by atoms with Crippen molar-refractivity contribution in [1.82, 2.24) is 0 Å². The average Bonchev–Trinajstić information content (AvgIpc) is 2.34. The van der Waals surface area contributed by atoms with Gasteiger partial charge in [0.2, 0.25) is 5.91 Å². The van der Waals surface area contributed by atoms with Gasteiger partial charge in [-0.25, -0.2) is 0 Å². The normalized spacial score (nSPS) is 18.4. The molecule has 0 saturated heterocycles. The van der Waals surface area contributed by atoms with Gasteiger partial charge in [0.15, 0.2) is 0 Å². The van der Waals surface area contributed by atoms with Gasteiger partial charge in [-0.2, -0.15) is 0 Å². The minimum Gasteiger partial charge on any atom is -0.481 e. The lowest BCUT2D eigenvalue weighted by Gasteiger charge is -2.30. The molecule has 1 aromatic carbocycles. The first-order valence-corrected chi connectivity index (χ1v) is 6.94. The van der Waals surface area contributed by atoms with Crippen molar-refractivity contribution < 1.29 is 14.7 Å². The number of rotatable bonds is 3. The van der Waals surface area contributed by atoms with Crippen LogP contribution in [0.5, 0.6) is 0 Å². The van der Waals surface area contributed by atoms with Crippen molar-refractivity contribution in [2.24, 2.45) is 5.92 Å². The molecule has 0 bridgehead atoms. The molecule has 4 nitrogen and oxygen atoms in total. The molecule has 1 aromatic rings. The van der Waals surface area contributed by atoms with E-state index >= 15 is 0 Å². The Morgan fingerprint density at radius 2 is 2.10 bits per heavy atom. The van der Waals surface area contributed by atoms with E-state index in [2.05, 4.69) is 26.1 Å². The van der Waals surface area contributed by atoms with Crippen LogP contribution in [0.25, 0.3) is 0 Å². The zero-order valence-corrected chi connectivity index (χ0v) is 12.2. The number of carboxylic acids is 1. The number of carboxylic acid groups (broad SMARTS) is 1. The summed E-state index contributed by atoms with van der Waals surface area (Å²) in [5, 5.41) is 11.7. The van der Waals surface area contributed by atoms with Gasteiger partial charge >= 0.3 is 5.97 Å². The van der Waals surface area contributed by atoms with Crippen molar-refractivity contribution in [2.75, 3.05) is 5.32 Å². The summed E-state index contributed by atoms with van der Waals surface area (Å²) in [6.07, 6.45) is 1.05. The van der Waals surface area contributed by atoms with Gasteiger partial charge in [-0.3, -0.25) is 9.59 Å². The van der Waals surface area contributed by atoms with Gasteiger partial charge in [0.1, 0.15) is 0 Å². The van der Waals surface area contributed by atoms with Crippen LogP contribution in [-0.2, 0) is 21.4 Å². The summed E-state index contributed by atoms with van der Waals surface area (Å²) in [4.78, 5) is 22.8. The summed E-state index contributed by atoms with van der Waals surface area (Å²) in [6.45, 7) is 6.35. The summed E-state index contributed by atoms with van der Waals surface area (Å²) in [5.74, 6) is -1.16. The SMILES string of the molecule is CC(C)(C)c1cccc2c1NC(=O)C(CCC(=O)O)C2. The molecule has 1 aliphatic heterocycles. The average molecular weight is 275 g/mol. The Kier molecular flexibility index (Phi) is 3.84. The molecule has 1 atom stereocenters. The van der Waals surface area contributed by atoms with Crippen LogP contribution in [-0.4, -0.2) is 17.0 Å². The van der Waals surface area contributed by atoms with E-state index in [9.17, 15) is 9.59 Å². The topological polar surface area (TPSA) is 66.4 Å². The lowest BCUT2D eigenvalue weighted by molar-refractivity contribution is -0.137. The second-order valence-electron chi connectivity index (χ2n) is 6.41. The predicted octanol–water partition coefficient (Wildman–Crippen LogP) is 2.96. The Labute approximate surface area is 119 Å². The summed E-state index contributed by atoms with van der Waals surface area (Å²) in [5.41, 5.74) is 3.11. The molecule has 108 valence electrons. The number of nitrogens with one attached hydrogen (secondary N) is 1. The third-order valence-electron chi connectivity index (χ3n) is 3.75. The van der Waals surface area contributed by atoms with Crippen LogP contribution in [0.3, 0.4) is 0 Å². The molecule has 1 amide bonds. The van der Waals surface area contributed by atoms with Crippen LogP contribution in [0.15, 0.2) is 18.2 Å². The second kappa shape index (κ2) is 5.27. The maximum absolute atomic E-state index is 12.1. The summed E-state index contributed by atoms with van der Waals surface area (Å²) in [6, 6.07) is 6.06.